The summed E-state index contributed by atoms with van der Waals surface area (Å²) in [6.45, 7) is 4.32. The lowest BCUT2D eigenvalue weighted by Gasteiger charge is -2.27. The third-order valence-electron chi connectivity index (χ3n) is 13.0. The van der Waals surface area contributed by atoms with Crippen LogP contribution < -0.4 is 0 Å². The zero-order chi connectivity index (χ0) is 41.4. The van der Waals surface area contributed by atoms with Crippen LogP contribution >= 0.6 is 0 Å². The van der Waals surface area contributed by atoms with Crippen LogP contribution in [-0.2, 0) is 0 Å². The van der Waals surface area contributed by atoms with Crippen LogP contribution in [0.4, 0.5) is 8.78 Å². The molecule has 0 unspecified atom stereocenters. The maximum absolute atomic E-state index is 14.9. The molecule has 6 heteroatoms. The van der Waals surface area contributed by atoms with Gasteiger partial charge >= 0.3 is 0 Å². The third-order valence-corrected chi connectivity index (χ3v) is 13.0. The molecule has 0 fully saturated rings. The number of benzene rings is 9. The lowest BCUT2D eigenvalue weighted by Crippen LogP contribution is -2.10. The van der Waals surface area contributed by atoms with Crippen molar-refractivity contribution in [3.8, 4) is 33.6 Å². The fourth-order valence-corrected chi connectivity index (χ4v) is 10.4. The largest absolute Gasteiger partial charge is 0.454 e. The Balaban J connectivity index is 1.30. The molecule has 4 nitrogen and oxygen atoms in total. The Kier molecular flexibility index (Phi) is 7.18. The Morgan fingerprint density at radius 2 is 0.726 bits per heavy atom. The molecule has 0 amide bonds. The van der Waals surface area contributed by atoms with E-state index in [-0.39, 0.29) is 11.6 Å². The number of nitrogens with zero attached hydrogens (tertiary/aromatic N) is 2. The van der Waals surface area contributed by atoms with E-state index in [1.54, 1.807) is 0 Å². The van der Waals surface area contributed by atoms with Gasteiger partial charge in [0.15, 0.2) is 11.2 Å². The van der Waals surface area contributed by atoms with E-state index in [1.165, 1.54) is 24.3 Å². The minimum Gasteiger partial charge on any atom is -0.454 e. The first kappa shape index (κ1) is 34.9. The molecule has 0 aliphatic carbocycles. The van der Waals surface area contributed by atoms with Gasteiger partial charge in [-0.25, -0.2) is 8.78 Å². The molecule has 13 aromatic rings. The standard InChI is InChI=1S/C56H34F2N2O2/c1-31-49(33-19-23-35(57)24-20-33)51(59-45-15-7-3-11-37(45)41-27-29-43-39-13-5-9-17-47(39)61-55(43)53(41)59)32(2)52(50(31)34-21-25-36(58)26-22-34)60-46-16-8-4-12-38(46)42-28-30-44-40-14-6-10-18-48(40)62-56(44)54(42)60/h3-30H,1-2H3. The van der Waals surface area contributed by atoms with Gasteiger partial charge in [0.25, 0.3) is 0 Å². The molecule has 9 aromatic carbocycles. The Hall–Kier alpha value is -7.96. The normalized spacial score (nSPS) is 12.2. The molecule has 294 valence electrons. The van der Waals surface area contributed by atoms with Crippen molar-refractivity contribution in [2.45, 2.75) is 13.8 Å². The molecule has 0 N–H and O–H groups in total. The number of para-hydroxylation sites is 4. The molecule has 0 bridgehead atoms. The summed E-state index contributed by atoms with van der Waals surface area (Å²) in [5.74, 6) is -0.637. The second-order valence-corrected chi connectivity index (χ2v) is 16.3. The monoisotopic (exact) mass is 804 g/mol. The average molecular weight is 805 g/mol. The zero-order valence-corrected chi connectivity index (χ0v) is 33.6. The van der Waals surface area contributed by atoms with Crippen molar-refractivity contribution in [3.05, 3.63) is 193 Å². The molecule has 62 heavy (non-hydrogen) atoms. The number of fused-ring (bicyclic) bond motifs is 14. The van der Waals surface area contributed by atoms with E-state index in [4.69, 9.17) is 8.83 Å². The first-order valence-electron chi connectivity index (χ1n) is 20.8. The van der Waals surface area contributed by atoms with E-state index in [9.17, 15) is 8.78 Å². The summed E-state index contributed by atoms with van der Waals surface area (Å²) >= 11 is 0. The summed E-state index contributed by atoms with van der Waals surface area (Å²) in [5, 5.41) is 8.40. The smallest absolute Gasteiger partial charge is 0.160 e. The SMILES string of the molecule is Cc1c(-c2ccc(F)cc2)c(-n2c3ccccc3c3ccc4c5ccccc5oc4c32)c(C)c(-n2c3ccccc3c3ccc4c5ccccc5oc4c32)c1-c1ccc(F)cc1. The van der Waals surface area contributed by atoms with Gasteiger partial charge < -0.3 is 18.0 Å². The van der Waals surface area contributed by atoms with Gasteiger partial charge in [-0.3, -0.25) is 0 Å². The van der Waals surface area contributed by atoms with E-state index in [1.807, 2.05) is 60.7 Å². The van der Waals surface area contributed by atoms with Gasteiger partial charge in [0.1, 0.15) is 22.8 Å². The van der Waals surface area contributed by atoms with E-state index in [0.29, 0.717) is 0 Å². The Morgan fingerprint density at radius 1 is 0.355 bits per heavy atom. The first-order valence-corrected chi connectivity index (χ1v) is 20.8. The predicted octanol–water partition coefficient (Wildman–Crippen LogP) is 15.9. The van der Waals surface area contributed by atoms with Crippen LogP contribution in [-0.4, -0.2) is 9.13 Å². The van der Waals surface area contributed by atoms with Gasteiger partial charge in [-0.15, -0.1) is 0 Å². The lowest BCUT2D eigenvalue weighted by atomic mass is 9.86. The van der Waals surface area contributed by atoms with Crippen molar-refractivity contribution in [2.75, 3.05) is 0 Å². The number of hydrogen-bond donors (Lipinski definition) is 0. The van der Waals surface area contributed by atoms with Gasteiger partial charge in [-0.05, 0) is 96.8 Å². The molecule has 0 saturated carbocycles. The van der Waals surface area contributed by atoms with Crippen LogP contribution in [0.1, 0.15) is 11.1 Å². The number of halogens is 2. The maximum atomic E-state index is 14.9. The number of hydrogen-bond acceptors (Lipinski definition) is 2. The van der Waals surface area contributed by atoms with E-state index in [0.717, 1.165) is 132 Å². The summed E-state index contributed by atoms with van der Waals surface area (Å²) in [5.41, 5.74) is 14.4. The Morgan fingerprint density at radius 3 is 1.16 bits per heavy atom. The molecule has 4 aromatic heterocycles. The van der Waals surface area contributed by atoms with Crippen LogP contribution in [0.15, 0.2) is 179 Å². The number of rotatable bonds is 4. The highest BCUT2D eigenvalue weighted by Gasteiger charge is 2.30. The lowest BCUT2D eigenvalue weighted by molar-refractivity contribution is 0.627. The molecule has 0 aliphatic rings. The van der Waals surface area contributed by atoms with Crippen molar-refractivity contribution >= 4 is 87.5 Å². The van der Waals surface area contributed by atoms with Gasteiger partial charge in [0.2, 0.25) is 0 Å². The van der Waals surface area contributed by atoms with Crippen molar-refractivity contribution < 1.29 is 17.6 Å². The van der Waals surface area contributed by atoms with E-state index >= 15 is 0 Å². The summed E-state index contributed by atoms with van der Waals surface area (Å²) in [7, 11) is 0. The minimum absolute atomic E-state index is 0.318. The third kappa shape index (κ3) is 4.69. The fraction of sp³-hybridized carbons (Fsp3) is 0.0357. The second-order valence-electron chi connectivity index (χ2n) is 16.3. The van der Waals surface area contributed by atoms with Crippen LogP contribution in [0.3, 0.4) is 0 Å². The molecular weight excluding hydrogens is 771 g/mol. The summed E-state index contributed by atoms with van der Waals surface area (Å²) in [4.78, 5) is 0. The first-order chi connectivity index (χ1) is 30.4. The Bertz CT molecular complexity index is 3750. The maximum Gasteiger partial charge on any atom is 0.160 e. The quantitative estimate of drug-likeness (QED) is 0.178. The van der Waals surface area contributed by atoms with Gasteiger partial charge in [-0.1, -0.05) is 109 Å². The van der Waals surface area contributed by atoms with E-state index < -0.39 is 0 Å². The molecule has 0 radical (unpaired) electrons. The number of furan rings is 2. The molecule has 0 spiro atoms. The highest BCUT2D eigenvalue weighted by atomic mass is 19.1. The molecule has 13 rings (SSSR count). The molecular formula is C56H34F2N2O2. The summed E-state index contributed by atoms with van der Waals surface area (Å²) in [6.07, 6.45) is 0. The van der Waals surface area contributed by atoms with Gasteiger partial charge in [-0.2, -0.15) is 0 Å². The zero-order valence-electron chi connectivity index (χ0n) is 33.6. The number of aromatic nitrogens is 2. The predicted molar refractivity (Wildman–Crippen MR) is 250 cm³/mol. The highest BCUT2D eigenvalue weighted by molar-refractivity contribution is 6.24. The highest BCUT2D eigenvalue weighted by Crippen LogP contribution is 2.50. The van der Waals surface area contributed by atoms with Crippen molar-refractivity contribution in [1.29, 1.82) is 0 Å². The average Bonchev–Trinajstić information content (AvgIpc) is 4.06. The van der Waals surface area contributed by atoms with E-state index in [2.05, 4.69) is 108 Å². The molecule has 0 saturated heterocycles. The van der Waals surface area contributed by atoms with Crippen LogP contribution in [0.2, 0.25) is 0 Å². The fourth-order valence-electron chi connectivity index (χ4n) is 10.4. The minimum atomic E-state index is -0.318. The van der Waals surface area contributed by atoms with Crippen molar-refractivity contribution in [2.24, 2.45) is 0 Å². The van der Waals surface area contributed by atoms with Crippen LogP contribution in [0.25, 0.3) is 121 Å². The molecule has 4 heterocycles. The van der Waals surface area contributed by atoms with Crippen molar-refractivity contribution in [3.63, 3.8) is 0 Å². The van der Waals surface area contributed by atoms with Crippen LogP contribution in [0.5, 0.6) is 0 Å². The van der Waals surface area contributed by atoms with Gasteiger partial charge in [0.05, 0.1) is 33.4 Å². The van der Waals surface area contributed by atoms with Gasteiger partial charge in [0, 0.05) is 54.2 Å². The van der Waals surface area contributed by atoms with Crippen LogP contribution in [0, 0.1) is 25.5 Å². The second kappa shape index (κ2) is 12.8. The Labute approximate surface area is 353 Å². The van der Waals surface area contributed by atoms with Crippen molar-refractivity contribution in [1.82, 2.24) is 9.13 Å². The summed E-state index contributed by atoms with van der Waals surface area (Å²) < 4.78 is 48.3. The molecule has 0 atom stereocenters. The topological polar surface area (TPSA) is 36.1 Å². The summed E-state index contributed by atoms with van der Waals surface area (Å²) in [6, 6.07) is 55.6. The molecule has 0 aliphatic heterocycles.